The van der Waals surface area contributed by atoms with Crippen molar-refractivity contribution in [1.82, 2.24) is 9.97 Å². The Morgan fingerprint density at radius 1 is 1.19 bits per heavy atom. The number of anilines is 1. The van der Waals surface area contributed by atoms with Gasteiger partial charge in [-0.05, 0) is 24.8 Å². The average Bonchev–Trinajstić information content (AvgIpc) is 3.07. The SMILES string of the molecule is CCc1nc(N2CC[NH+](C)CC2)c2c3c(sc2n1)CCC3. The number of nitrogens with zero attached hydrogens (tertiary/aromatic N) is 3. The Hall–Kier alpha value is -1.20. The van der Waals surface area contributed by atoms with Crippen molar-refractivity contribution in [1.29, 1.82) is 0 Å². The van der Waals surface area contributed by atoms with E-state index in [1.54, 1.807) is 15.3 Å². The summed E-state index contributed by atoms with van der Waals surface area (Å²) in [4.78, 5) is 16.7. The summed E-state index contributed by atoms with van der Waals surface area (Å²) in [6.45, 7) is 6.80. The summed E-state index contributed by atoms with van der Waals surface area (Å²) in [7, 11) is 2.28. The van der Waals surface area contributed by atoms with Crippen LogP contribution in [0, 0.1) is 0 Å². The highest BCUT2D eigenvalue weighted by Crippen LogP contribution is 2.40. The molecule has 0 spiro atoms. The van der Waals surface area contributed by atoms with Crippen LogP contribution in [-0.2, 0) is 19.3 Å². The zero-order valence-corrected chi connectivity index (χ0v) is 13.7. The molecular weight excluding hydrogens is 280 g/mol. The van der Waals surface area contributed by atoms with Gasteiger partial charge in [0.05, 0.1) is 38.6 Å². The number of fused-ring (bicyclic) bond motifs is 3. The molecule has 0 aromatic carbocycles. The molecule has 4 rings (SSSR count). The Balaban J connectivity index is 1.85. The zero-order chi connectivity index (χ0) is 14.4. The molecule has 5 heteroatoms. The largest absolute Gasteiger partial charge is 0.345 e. The maximum Gasteiger partial charge on any atom is 0.141 e. The van der Waals surface area contributed by atoms with Crippen LogP contribution in [0.25, 0.3) is 10.2 Å². The van der Waals surface area contributed by atoms with E-state index in [4.69, 9.17) is 9.97 Å². The summed E-state index contributed by atoms with van der Waals surface area (Å²) in [5.41, 5.74) is 1.55. The highest BCUT2D eigenvalue weighted by atomic mass is 32.1. The standard InChI is InChI=1S/C16H22N4S/c1-3-13-17-15(20-9-7-19(2)8-10-20)14-11-5-4-6-12(11)21-16(14)18-13/h3-10H2,1-2H3/p+1. The average molecular weight is 303 g/mol. The Labute approximate surface area is 129 Å². The summed E-state index contributed by atoms with van der Waals surface area (Å²) >= 11 is 1.91. The third kappa shape index (κ3) is 2.23. The van der Waals surface area contributed by atoms with Gasteiger partial charge < -0.3 is 9.80 Å². The number of hydrogen-bond donors (Lipinski definition) is 1. The van der Waals surface area contributed by atoms with Gasteiger partial charge in [0, 0.05) is 11.3 Å². The summed E-state index contributed by atoms with van der Waals surface area (Å²) in [6.07, 6.45) is 4.68. The Morgan fingerprint density at radius 3 is 2.76 bits per heavy atom. The lowest BCUT2D eigenvalue weighted by atomic mass is 10.1. The number of piperazine rings is 1. The Bertz CT molecular complexity index is 670. The van der Waals surface area contributed by atoms with Crippen LogP contribution in [0.5, 0.6) is 0 Å². The molecule has 0 bridgehead atoms. The molecule has 112 valence electrons. The molecule has 0 atom stereocenters. The minimum Gasteiger partial charge on any atom is -0.345 e. The van der Waals surface area contributed by atoms with Crippen molar-refractivity contribution in [2.75, 3.05) is 38.1 Å². The van der Waals surface area contributed by atoms with Gasteiger partial charge in [0.15, 0.2) is 0 Å². The fourth-order valence-electron chi connectivity index (χ4n) is 3.51. The molecule has 1 aliphatic carbocycles. The van der Waals surface area contributed by atoms with Gasteiger partial charge in [-0.2, -0.15) is 0 Å². The first-order valence-electron chi connectivity index (χ1n) is 8.13. The van der Waals surface area contributed by atoms with Crippen LogP contribution in [0.15, 0.2) is 0 Å². The zero-order valence-electron chi connectivity index (χ0n) is 12.9. The van der Waals surface area contributed by atoms with Crippen LogP contribution in [-0.4, -0.2) is 43.2 Å². The molecule has 0 saturated carbocycles. The van der Waals surface area contributed by atoms with E-state index < -0.39 is 0 Å². The highest BCUT2D eigenvalue weighted by Gasteiger charge is 2.26. The van der Waals surface area contributed by atoms with E-state index in [-0.39, 0.29) is 0 Å². The van der Waals surface area contributed by atoms with Crippen LogP contribution in [0.3, 0.4) is 0 Å². The number of hydrogen-bond acceptors (Lipinski definition) is 4. The predicted molar refractivity (Wildman–Crippen MR) is 87.7 cm³/mol. The molecule has 1 fully saturated rings. The monoisotopic (exact) mass is 303 g/mol. The first-order valence-corrected chi connectivity index (χ1v) is 8.95. The molecular formula is C16H23N4S+. The van der Waals surface area contributed by atoms with E-state index in [1.165, 1.54) is 48.4 Å². The van der Waals surface area contributed by atoms with Crippen LogP contribution < -0.4 is 9.80 Å². The summed E-state index contributed by atoms with van der Waals surface area (Å²) in [6, 6.07) is 0. The van der Waals surface area contributed by atoms with Crippen molar-refractivity contribution in [3.63, 3.8) is 0 Å². The van der Waals surface area contributed by atoms with Gasteiger partial charge in [-0.3, -0.25) is 0 Å². The van der Waals surface area contributed by atoms with E-state index in [9.17, 15) is 0 Å². The molecule has 1 aliphatic heterocycles. The second kappa shape index (κ2) is 5.21. The summed E-state index contributed by atoms with van der Waals surface area (Å²) in [5, 5.41) is 1.38. The van der Waals surface area contributed by atoms with Crippen LogP contribution >= 0.6 is 11.3 Å². The van der Waals surface area contributed by atoms with Gasteiger partial charge in [-0.1, -0.05) is 6.92 Å². The van der Waals surface area contributed by atoms with Gasteiger partial charge in [0.1, 0.15) is 16.5 Å². The predicted octanol–water partition coefficient (Wildman–Crippen LogP) is 1.08. The second-order valence-electron chi connectivity index (χ2n) is 6.30. The number of aromatic nitrogens is 2. The minimum absolute atomic E-state index is 0.921. The van der Waals surface area contributed by atoms with Crippen molar-refractivity contribution >= 4 is 27.4 Å². The number of rotatable bonds is 2. The van der Waals surface area contributed by atoms with Crippen LogP contribution in [0.1, 0.15) is 29.6 Å². The third-order valence-electron chi connectivity index (χ3n) is 4.82. The van der Waals surface area contributed by atoms with E-state index in [0.717, 1.165) is 25.3 Å². The lowest BCUT2D eigenvalue weighted by Crippen LogP contribution is -3.12. The first-order chi connectivity index (χ1) is 10.3. The van der Waals surface area contributed by atoms with Crippen molar-refractivity contribution in [3.8, 4) is 0 Å². The smallest absolute Gasteiger partial charge is 0.141 e. The number of nitrogens with one attached hydrogen (secondary N) is 1. The molecule has 2 aromatic rings. The van der Waals surface area contributed by atoms with Gasteiger partial charge in [-0.15, -0.1) is 11.3 Å². The molecule has 0 amide bonds. The van der Waals surface area contributed by atoms with Gasteiger partial charge in [-0.25, -0.2) is 9.97 Å². The first kappa shape index (κ1) is 13.5. The Kier molecular flexibility index (Phi) is 3.34. The van der Waals surface area contributed by atoms with E-state index in [2.05, 4.69) is 18.9 Å². The quantitative estimate of drug-likeness (QED) is 0.901. The van der Waals surface area contributed by atoms with E-state index in [0.29, 0.717) is 0 Å². The number of aryl methyl sites for hydroxylation is 3. The maximum atomic E-state index is 4.93. The lowest BCUT2D eigenvalue weighted by Gasteiger charge is -2.31. The minimum atomic E-state index is 0.921. The van der Waals surface area contributed by atoms with Crippen molar-refractivity contribution < 1.29 is 4.90 Å². The lowest BCUT2D eigenvalue weighted by molar-refractivity contribution is -0.880. The van der Waals surface area contributed by atoms with Crippen LogP contribution in [0.2, 0.25) is 0 Å². The van der Waals surface area contributed by atoms with Gasteiger partial charge >= 0.3 is 0 Å². The molecule has 4 nitrogen and oxygen atoms in total. The second-order valence-corrected chi connectivity index (χ2v) is 7.38. The summed E-state index contributed by atoms with van der Waals surface area (Å²) < 4.78 is 0. The third-order valence-corrected chi connectivity index (χ3v) is 6.01. The molecule has 21 heavy (non-hydrogen) atoms. The van der Waals surface area contributed by atoms with Crippen LogP contribution in [0.4, 0.5) is 5.82 Å². The highest BCUT2D eigenvalue weighted by molar-refractivity contribution is 7.19. The molecule has 0 radical (unpaired) electrons. The van der Waals surface area contributed by atoms with Crippen molar-refractivity contribution in [3.05, 3.63) is 16.3 Å². The molecule has 2 aromatic heterocycles. The van der Waals surface area contributed by atoms with Crippen molar-refractivity contribution in [2.24, 2.45) is 0 Å². The molecule has 1 N–H and O–H groups in total. The fourth-order valence-corrected chi connectivity index (χ4v) is 4.78. The number of quaternary nitrogens is 1. The normalized spacial score (nSPS) is 19.4. The van der Waals surface area contributed by atoms with Gasteiger partial charge in [0.25, 0.3) is 0 Å². The fraction of sp³-hybridized carbons (Fsp3) is 0.625. The number of likely N-dealkylation sites (N-methyl/N-ethyl adjacent to an activating group) is 1. The molecule has 1 saturated heterocycles. The maximum absolute atomic E-state index is 4.93. The summed E-state index contributed by atoms with van der Waals surface area (Å²) in [5.74, 6) is 2.23. The van der Waals surface area contributed by atoms with Crippen molar-refractivity contribution in [2.45, 2.75) is 32.6 Å². The molecule has 0 unspecified atom stereocenters. The van der Waals surface area contributed by atoms with E-state index in [1.807, 2.05) is 11.3 Å². The topological polar surface area (TPSA) is 33.5 Å². The molecule has 2 aliphatic rings. The molecule has 3 heterocycles. The van der Waals surface area contributed by atoms with E-state index >= 15 is 0 Å². The van der Waals surface area contributed by atoms with Gasteiger partial charge in [0.2, 0.25) is 0 Å². The number of thiophene rings is 1. The Morgan fingerprint density at radius 2 is 2.00 bits per heavy atom.